The average Bonchev–Trinajstić information content (AvgIpc) is 3.17. The van der Waals surface area contributed by atoms with Crippen LogP contribution >= 0.6 is 23.1 Å². The Hall–Kier alpha value is -2.91. The largest absolute Gasteiger partial charge is 0.330 e. The van der Waals surface area contributed by atoms with Crippen LogP contribution in [0.4, 0.5) is 0 Å². The van der Waals surface area contributed by atoms with Crippen molar-refractivity contribution in [1.82, 2.24) is 18.7 Å². The first-order chi connectivity index (χ1) is 15.8. The van der Waals surface area contributed by atoms with Crippen LogP contribution in [0.3, 0.4) is 0 Å². The van der Waals surface area contributed by atoms with Crippen LogP contribution in [0.15, 0.2) is 55.9 Å². The lowest BCUT2D eigenvalue weighted by Gasteiger charge is -2.18. The van der Waals surface area contributed by atoms with E-state index in [1.165, 1.54) is 34.3 Å². The Bertz CT molecular complexity index is 1550. The lowest BCUT2D eigenvalue weighted by Crippen LogP contribution is -2.37. The van der Waals surface area contributed by atoms with Crippen LogP contribution in [0, 0.1) is 5.92 Å². The van der Waals surface area contributed by atoms with E-state index in [4.69, 9.17) is 4.98 Å². The summed E-state index contributed by atoms with van der Waals surface area (Å²) in [4.78, 5) is 45.2. The number of thiophene rings is 1. The molecule has 5 rings (SSSR count). The van der Waals surface area contributed by atoms with E-state index < -0.39 is 0 Å². The van der Waals surface area contributed by atoms with Crippen LogP contribution in [0.5, 0.6) is 0 Å². The lowest BCUT2D eigenvalue weighted by atomic mass is 9.89. The molecule has 0 spiro atoms. The standard InChI is InChI=1S/C24H24N4O3S2/c1-14-9-10-17-18(11-14)33-21-20(17)22(30)28(15-7-5-4-6-8-15)23(25-21)32-13-16-12-19(29)27(3)24(31)26(16)2/h4-8,12,14H,9-11,13H2,1-3H3. The number of fused-ring (bicyclic) bond motifs is 3. The monoisotopic (exact) mass is 480 g/mol. The zero-order valence-corrected chi connectivity index (χ0v) is 20.3. The SMILES string of the molecule is CC1CCc2c(sc3nc(SCc4cc(=O)n(C)c(=O)n4C)n(-c4ccccc4)c(=O)c23)C1. The molecule has 1 aromatic carbocycles. The first kappa shape index (κ1) is 21.9. The maximum absolute atomic E-state index is 13.8. The zero-order valence-electron chi connectivity index (χ0n) is 18.7. The number of hydrogen-bond donors (Lipinski definition) is 0. The average molecular weight is 481 g/mol. The van der Waals surface area contributed by atoms with Crippen molar-refractivity contribution in [2.45, 2.75) is 37.1 Å². The number of aryl methyl sites for hydroxylation is 1. The number of para-hydroxylation sites is 1. The third-order valence-corrected chi connectivity index (χ3v) is 8.41. The fourth-order valence-electron chi connectivity index (χ4n) is 4.33. The smallest absolute Gasteiger partial charge is 0.300 e. The number of aromatic nitrogens is 4. The maximum atomic E-state index is 13.8. The Morgan fingerprint density at radius 1 is 1.12 bits per heavy atom. The number of hydrogen-bond acceptors (Lipinski definition) is 6. The Kier molecular flexibility index (Phi) is 5.62. The topological polar surface area (TPSA) is 78.9 Å². The molecule has 9 heteroatoms. The predicted octanol–water partition coefficient (Wildman–Crippen LogP) is 3.26. The molecule has 4 aromatic rings. The van der Waals surface area contributed by atoms with Gasteiger partial charge in [0.2, 0.25) is 0 Å². The van der Waals surface area contributed by atoms with Crippen LogP contribution in [0.25, 0.3) is 15.9 Å². The summed E-state index contributed by atoms with van der Waals surface area (Å²) in [5.74, 6) is 0.951. The minimum Gasteiger partial charge on any atom is -0.300 e. The van der Waals surface area contributed by atoms with Crippen LogP contribution in [0.1, 0.15) is 29.5 Å². The third-order valence-electron chi connectivity index (χ3n) is 6.29. The van der Waals surface area contributed by atoms with E-state index in [9.17, 15) is 14.4 Å². The van der Waals surface area contributed by atoms with Crippen molar-refractivity contribution >= 4 is 33.3 Å². The van der Waals surface area contributed by atoms with Gasteiger partial charge in [0.05, 0.1) is 11.1 Å². The van der Waals surface area contributed by atoms with Crippen LogP contribution in [-0.4, -0.2) is 18.7 Å². The number of thioether (sulfide) groups is 1. The normalized spacial score (nSPS) is 15.7. The Morgan fingerprint density at radius 3 is 2.64 bits per heavy atom. The molecule has 0 amide bonds. The summed E-state index contributed by atoms with van der Waals surface area (Å²) in [7, 11) is 3.11. The molecule has 0 saturated heterocycles. The van der Waals surface area contributed by atoms with Gasteiger partial charge in [0.15, 0.2) is 5.16 Å². The van der Waals surface area contributed by atoms with Gasteiger partial charge in [-0.2, -0.15) is 0 Å². The molecule has 1 aliphatic carbocycles. The Balaban J connectivity index is 1.66. The van der Waals surface area contributed by atoms with Gasteiger partial charge < -0.3 is 0 Å². The van der Waals surface area contributed by atoms with Gasteiger partial charge in [-0.3, -0.25) is 23.3 Å². The summed E-state index contributed by atoms with van der Waals surface area (Å²) in [6.45, 7) is 2.25. The summed E-state index contributed by atoms with van der Waals surface area (Å²) in [5, 5.41) is 1.29. The highest BCUT2D eigenvalue weighted by atomic mass is 32.2. The van der Waals surface area contributed by atoms with Crippen molar-refractivity contribution in [3.63, 3.8) is 0 Å². The fraction of sp³-hybridized carbons (Fsp3) is 0.333. The van der Waals surface area contributed by atoms with E-state index in [0.717, 1.165) is 45.3 Å². The van der Waals surface area contributed by atoms with E-state index in [0.29, 0.717) is 22.5 Å². The zero-order chi connectivity index (χ0) is 23.3. The minimum absolute atomic E-state index is 0.0568. The molecule has 0 N–H and O–H groups in total. The number of benzene rings is 1. The molecule has 7 nitrogen and oxygen atoms in total. The van der Waals surface area contributed by atoms with E-state index in [1.807, 2.05) is 30.3 Å². The minimum atomic E-state index is -0.373. The van der Waals surface area contributed by atoms with Crippen LogP contribution in [-0.2, 0) is 32.7 Å². The second-order valence-electron chi connectivity index (χ2n) is 8.57. The highest BCUT2D eigenvalue weighted by Gasteiger charge is 2.25. The van der Waals surface area contributed by atoms with Crippen molar-refractivity contribution in [1.29, 1.82) is 0 Å². The number of rotatable bonds is 4. The number of nitrogens with zero attached hydrogens (tertiary/aromatic N) is 4. The lowest BCUT2D eigenvalue weighted by molar-refractivity contribution is 0.509. The van der Waals surface area contributed by atoms with Crippen molar-refractivity contribution in [2.75, 3.05) is 0 Å². The predicted molar refractivity (Wildman–Crippen MR) is 133 cm³/mol. The fourth-order valence-corrected chi connectivity index (χ4v) is 6.79. The molecule has 1 aliphatic rings. The van der Waals surface area contributed by atoms with Crippen molar-refractivity contribution in [3.05, 3.63) is 83.7 Å². The Labute approximate surface area is 198 Å². The molecule has 3 heterocycles. The van der Waals surface area contributed by atoms with Crippen molar-refractivity contribution in [2.24, 2.45) is 20.0 Å². The second-order valence-corrected chi connectivity index (χ2v) is 10.6. The third kappa shape index (κ3) is 3.79. The molecular formula is C24H24N4O3S2. The highest BCUT2D eigenvalue weighted by Crippen LogP contribution is 2.37. The van der Waals surface area contributed by atoms with Gasteiger partial charge in [-0.05, 0) is 42.9 Å². The maximum Gasteiger partial charge on any atom is 0.330 e. The van der Waals surface area contributed by atoms with E-state index in [1.54, 1.807) is 23.0 Å². The molecule has 170 valence electrons. The molecule has 1 unspecified atom stereocenters. The molecule has 1 atom stereocenters. The summed E-state index contributed by atoms with van der Waals surface area (Å²) in [6, 6.07) is 11.0. The van der Waals surface area contributed by atoms with E-state index in [-0.39, 0.29) is 16.8 Å². The van der Waals surface area contributed by atoms with Crippen LogP contribution < -0.4 is 16.8 Å². The summed E-state index contributed by atoms with van der Waals surface area (Å²) >= 11 is 2.98. The van der Waals surface area contributed by atoms with Gasteiger partial charge in [0.25, 0.3) is 11.1 Å². The first-order valence-corrected chi connectivity index (χ1v) is 12.7. The second kappa shape index (κ2) is 8.46. The summed E-state index contributed by atoms with van der Waals surface area (Å²) in [5.41, 5.74) is 1.71. The Morgan fingerprint density at radius 2 is 1.88 bits per heavy atom. The van der Waals surface area contributed by atoms with Crippen LogP contribution in [0.2, 0.25) is 0 Å². The van der Waals surface area contributed by atoms with Gasteiger partial charge in [-0.25, -0.2) is 9.78 Å². The quantitative estimate of drug-likeness (QED) is 0.331. The molecule has 0 fully saturated rings. The molecule has 0 aliphatic heterocycles. The van der Waals surface area contributed by atoms with Gasteiger partial charge in [0.1, 0.15) is 4.83 Å². The van der Waals surface area contributed by atoms with E-state index in [2.05, 4.69) is 6.92 Å². The van der Waals surface area contributed by atoms with E-state index >= 15 is 0 Å². The molecular weight excluding hydrogens is 456 g/mol. The van der Waals surface area contributed by atoms with Gasteiger partial charge in [-0.1, -0.05) is 36.9 Å². The van der Waals surface area contributed by atoms with Gasteiger partial charge in [-0.15, -0.1) is 11.3 Å². The molecule has 33 heavy (non-hydrogen) atoms. The highest BCUT2D eigenvalue weighted by molar-refractivity contribution is 7.98. The van der Waals surface area contributed by atoms with Crippen molar-refractivity contribution < 1.29 is 0 Å². The van der Waals surface area contributed by atoms with Gasteiger partial charge >= 0.3 is 5.69 Å². The molecule has 0 bridgehead atoms. The van der Waals surface area contributed by atoms with Crippen molar-refractivity contribution in [3.8, 4) is 5.69 Å². The first-order valence-electron chi connectivity index (χ1n) is 10.9. The summed E-state index contributed by atoms with van der Waals surface area (Å²) < 4.78 is 4.20. The molecule has 0 saturated carbocycles. The molecule has 0 radical (unpaired) electrons. The summed E-state index contributed by atoms with van der Waals surface area (Å²) in [6.07, 6.45) is 2.97. The van der Waals surface area contributed by atoms with Gasteiger partial charge in [0, 0.05) is 36.5 Å². The molecule has 3 aromatic heterocycles.